The van der Waals surface area contributed by atoms with Gasteiger partial charge in [0.05, 0.1) is 0 Å². The van der Waals surface area contributed by atoms with Crippen molar-refractivity contribution in [2.24, 2.45) is 0 Å². The van der Waals surface area contributed by atoms with Crippen molar-refractivity contribution in [2.75, 3.05) is 0 Å². The topological polar surface area (TPSA) is 61.8 Å². The minimum atomic E-state index is -1.26. The minimum absolute atomic E-state index is 0.161. The normalized spacial score (nSPS) is 15.8. The smallest absolute Gasteiger partial charge is 0.348 e. The predicted octanol–water partition coefficient (Wildman–Crippen LogP) is 4.79. The zero-order valence-electron chi connectivity index (χ0n) is 14.6. The van der Waals surface area contributed by atoms with Gasteiger partial charge in [0.2, 0.25) is 0 Å². The molecule has 0 radical (unpaired) electrons. The Morgan fingerprint density at radius 1 is 0.963 bits per heavy atom. The van der Waals surface area contributed by atoms with Gasteiger partial charge in [-0.15, -0.1) is 0 Å². The number of hydrogen-bond donors (Lipinski definition) is 0. The number of rotatable bonds is 4. The van der Waals surface area contributed by atoms with Gasteiger partial charge in [-0.1, -0.05) is 41.4 Å². The molecule has 1 heterocycles. The van der Waals surface area contributed by atoms with Gasteiger partial charge in [-0.05, 0) is 35.9 Å². The first-order valence-electron chi connectivity index (χ1n) is 8.09. The van der Waals surface area contributed by atoms with E-state index in [-0.39, 0.29) is 12.2 Å². The molecule has 2 aromatic carbocycles. The van der Waals surface area contributed by atoms with Gasteiger partial charge in [0.1, 0.15) is 17.9 Å². The van der Waals surface area contributed by atoms with Crippen LogP contribution in [0.1, 0.15) is 25.0 Å². The van der Waals surface area contributed by atoms with E-state index in [9.17, 15) is 9.59 Å². The highest BCUT2D eigenvalue weighted by atomic mass is 35.5. The Balaban J connectivity index is 1.71. The highest BCUT2D eigenvalue weighted by molar-refractivity contribution is 6.35. The van der Waals surface area contributed by atoms with Crippen LogP contribution in [0.15, 0.2) is 48.0 Å². The molecule has 0 bridgehead atoms. The minimum Gasteiger partial charge on any atom is -0.489 e. The number of ether oxygens (including phenoxy) is 3. The van der Waals surface area contributed by atoms with E-state index in [4.69, 9.17) is 37.4 Å². The zero-order valence-corrected chi connectivity index (χ0v) is 16.1. The van der Waals surface area contributed by atoms with Gasteiger partial charge in [-0.2, -0.15) is 0 Å². The van der Waals surface area contributed by atoms with Crippen molar-refractivity contribution in [2.45, 2.75) is 26.2 Å². The molecule has 0 aromatic heterocycles. The summed E-state index contributed by atoms with van der Waals surface area (Å²) < 4.78 is 15.8. The van der Waals surface area contributed by atoms with Crippen molar-refractivity contribution in [1.82, 2.24) is 0 Å². The summed E-state index contributed by atoms with van der Waals surface area (Å²) in [6.45, 7) is 3.21. The average molecular weight is 407 g/mol. The lowest BCUT2D eigenvalue weighted by Gasteiger charge is -2.29. The van der Waals surface area contributed by atoms with E-state index >= 15 is 0 Å². The van der Waals surface area contributed by atoms with Gasteiger partial charge in [-0.25, -0.2) is 9.59 Å². The molecule has 5 nitrogen and oxygen atoms in total. The van der Waals surface area contributed by atoms with E-state index in [1.165, 1.54) is 19.9 Å². The largest absolute Gasteiger partial charge is 0.489 e. The third-order valence-corrected chi connectivity index (χ3v) is 4.46. The maximum atomic E-state index is 12.0. The van der Waals surface area contributed by atoms with Crippen molar-refractivity contribution in [1.29, 1.82) is 0 Å². The lowest BCUT2D eigenvalue weighted by atomic mass is 10.1. The molecule has 1 fully saturated rings. The summed E-state index contributed by atoms with van der Waals surface area (Å²) in [6.07, 6.45) is 1.41. The lowest BCUT2D eigenvalue weighted by Crippen LogP contribution is -2.41. The lowest BCUT2D eigenvalue weighted by molar-refractivity contribution is -0.222. The second-order valence-electron chi connectivity index (χ2n) is 6.29. The fourth-order valence-electron chi connectivity index (χ4n) is 2.43. The van der Waals surface area contributed by atoms with Crippen LogP contribution in [0.25, 0.3) is 6.08 Å². The van der Waals surface area contributed by atoms with E-state index in [0.29, 0.717) is 26.9 Å². The third kappa shape index (κ3) is 4.62. The fourth-order valence-corrected chi connectivity index (χ4v) is 2.94. The quantitative estimate of drug-likeness (QED) is 0.414. The van der Waals surface area contributed by atoms with Crippen LogP contribution in [-0.2, 0) is 25.7 Å². The maximum absolute atomic E-state index is 12.0. The first-order chi connectivity index (χ1) is 12.7. The van der Waals surface area contributed by atoms with E-state index < -0.39 is 17.7 Å². The summed E-state index contributed by atoms with van der Waals surface area (Å²) in [5.74, 6) is -2.11. The molecule has 27 heavy (non-hydrogen) atoms. The fraction of sp³-hybridized carbons (Fsp3) is 0.200. The van der Waals surface area contributed by atoms with E-state index in [1.807, 2.05) is 0 Å². The van der Waals surface area contributed by atoms with Crippen LogP contribution in [-0.4, -0.2) is 17.7 Å². The summed E-state index contributed by atoms with van der Waals surface area (Å²) in [6, 6.07) is 12.1. The molecule has 0 N–H and O–H groups in total. The van der Waals surface area contributed by atoms with Crippen LogP contribution < -0.4 is 4.74 Å². The zero-order chi connectivity index (χ0) is 19.6. The van der Waals surface area contributed by atoms with Crippen LogP contribution in [0.5, 0.6) is 5.75 Å². The predicted molar refractivity (Wildman–Crippen MR) is 101 cm³/mol. The molecule has 3 rings (SSSR count). The van der Waals surface area contributed by atoms with Crippen LogP contribution >= 0.6 is 23.2 Å². The molecular weight excluding hydrogens is 391 g/mol. The van der Waals surface area contributed by atoms with Crippen molar-refractivity contribution < 1.29 is 23.8 Å². The van der Waals surface area contributed by atoms with E-state index in [2.05, 4.69) is 0 Å². The van der Waals surface area contributed by atoms with Crippen molar-refractivity contribution in [3.8, 4) is 5.75 Å². The molecule has 0 saturated carbocycles. The van der Waals surface area contributed by atoms with Crippen molar-refractivity contribution in [3.05, 3.63) is 69.2 Å². The molecule has 0 amide bonds. The summed E-state index contributed by atoms with van der Waals surface area (Å²) >= 11 is 12.2. The van der Waals surface area contributed by atoms with Gasteiger partial charge < -0.3 is 14.2 Å². The Hall–Kier alpha value is -2.50. The number of cyclic esters (lactones) is 2. The Kier molecular flexibility index (Phi) is 5.44. The third-order valence-electron chi connectivity index (χ3n) is 3.75. The number of carbonyl (C=O) groups excluding carboxylic acids is 2. The first-order valence-corrected chi connectivity index (χ1v) is 8.85. The number of esters is 2. The van der Waals surface area contributed by atoms with E-state index in [0.717, 1.165) is 0 Å². The molecule has 0 atom stereocenters. The van der Waals surface area contributed by atoms with E-state index in [1.54, 1.807) is 42.5 Å². The second kappa shape index (κ2) is 7.62. The molecule has 140 valence electrons. The Morgan fingerprint density at radius 3 is 2.07 bits per heavy atom. The highest BCUT2D eigenvalue weighted by Crippen LogP contribution is 2.27. The van der Waals surface area contributed by atoms with Crippen LogP contribution in [0.2, 0.25) is 10.0 Å². The Bertz CT molecular complexity index is 874. The van der Waals surface area contributed by atoms with Gasteiger partial charge in [-0.3, -0.25) is 0 Å². The monoisotopic (exact) mass is 406 g/mol. The summed E-state index contributed by atoms with van der Waals surface area (Å²) in [5.41, 5.74) is 1.16. The Morgan fingerprint density at radius 2 is 1.52 bits per heavy atom. The van der Waals surface area contributed by atoms with Gasteiger partial charge >= 0.3 is 11.9 Å². The number of hydrogen-bond acceptors (Lipinski definition) is 5. The summed E-state index contributed by atoms with van der Waals surface area (Å²) in [4.78, 5) is 23.9. The molecule has 1 aliphatic heterocycles. The average Bonchev–Trinajstić information content (AvgIpc) is 2.58. The highest BCUT2D eigenvalue weighted by Gasteiger charge is 2.38. The van der Waals surface area contributed by atoms with Crippen LogP contribution in [0.4, 0.5) is 0 Å². The molecular formula is C20H16Cl2O5. The van der Waals surface area contributed by atoms with Crippen LogP contribution in [0.3, 0.4) is 0 Å². The number of carbonyl (C=O) groups is 2. The van der Waals surface area contributed by atoms with Gasteiger partial charge in [0, 0.05) is 29.5 Å². The van der Waals surface area contributed by atoms with Gasteiger partial charge in [0.25, 0.3) is 5.79 Å². The Labute approximate surface area is 166 Å². The molecule has 0 aliphatic carbocycles. The molecule has 0 spiro atoms. The molecule has 1 saturated heterocycles. The SMILES string of the molecule is CC1(C)OC(=O)C(=Cc2ccc(OCc3c(Cl)cccc3Cl)cc2)C(=O)O1. The second-order valence-corrected chi connectivity index (χ2v) is 7.11. The summed E-state index contributed by atoms with van der Waals surface area (Å²) in [7, 11) is 0. The molecule has 1 aliphatic rings. The van der Waals surface area contributed by atoms with Crippen molar-refractivity contribution in [3.63, 3.8) is 0 Å². The molecule has 7 heteroatoms. The van der Waals surface area contributed by atoms with Gasteiger partial charge in [0.15, 0.2) is 0 Å². The summed E-state index contributed by atoms with van der Waals surface area (Å²) in [5, 5.41) is 1.06. The van der Waals surface area contributed by atoms with Crippen LogP contribution in [0, 0.1) is 0 Å². The number of benzene rings is 2. The molecule has 2 aromatic rings. The molecule has 0 unspecified atom stereocenters. The van der Waals surface area contributed by atoms with Crippen molar-refractivity contribution >= 4 is 41.2 Å². The maximum Gasteiger partial charge on any atom is 0.348 e. The first kappa shape index (κ1) is 19.3. The number of halogens is 2. The standard InChI is InChI=1S/C20H16Cl2O5/c1-20(2)26-18(23)14(19(24)27-20)10-12-6-8-13(9-7-12)25-11-15-16(21)4-3-5-17(15)22/h3-10H,11H2,1-2H3.